The van der Waals surface area contributed by atoms with E-state index >= 15 is 0 Å². The van der Waals surface area contributed by atoms with Gasteiger partial charge in [0.25, 0.3) is 5.92 Å². The first-order valence-corrected chi connectivity index (χ1v) is 3.95. The van der Waals surface area contributed by atoms with Crippen molar-refractivity contribution in [3.05, 3.63) is 0 Å². The van der Waals surface area contributed by atoms with Crippen molar-refractivity contribution in [3.63, 3.8) is 0 Å². The van der Waals surface area contributed by atoms with Crippen LogP contribution in [0.1, 0.15) is 12.8 Å². The van der Waals surface area contributed by atoms with Gasteiger partial charge < -0.3 is 11.1 Å². The van der Waals surface area contributed by atoms with E-state index < -0.39 is 11.8 Å². The molecule has 0 spiro atoms. The molecule has 1 aliphatic rings. The minimum absolute atomic E-state index is 0.0729. The maximum atomic E-state index is 13.0. The molecule has 0 aromatic rings. The van der Waals surface area contributed by atoms with E-state index in [9.17, 15) is 8.78 Å². The summed E-state index contributed by atoms with van der Waals surface area (Å²) in [5.41, 5.74) is 5.08. The first-order valence-electron chi connectivity index (χ1n) is 3.95. The number of hydrogen-bond acceptors (Lipinski definition) is 2. The molecule has 0 bridgehead atoms. The van der Waals surface area contributed by atoms with Gasteiger partial charge in [-0.25, -0.2) is 8.78 Å². The normalized spacial score (nSPS) is 25.9. The van der Waals surface area contributed by atoms with Gasteiger partial charge in [-0.3, -0.25) is 0 Å². The Morgan fingerprint density at radius 1 is 1.55 bits per heavy atom. The van der Waals surface area contributed by atoms with E-state index in [1.807, 2.05) is 0 Å². The third kappa shape index (κ3) is 2.10. The molecule has 0 aromatic carbocycles. The predicted molar refractivity (Wildman–Crippen MR) is 39.6 cm³/mol. The monoisotopic (exact) mass is 164 g/mol. The predicted octanol–water partition coefficient (Wildman–Crippen LogP) is 0.580. The Morgan fingerprint density at radius 3 is 2.73 bits per heavy atom. The average Bonchev–Trinajstić information content (AvgIpc) is 2.37. The number of rotatable bonds is 3. The smallest absolute Gasteiger partial charge is 0.253 e. The Hall–Kier alpha value is -0.220. The highest BCUT2D eigenvalue weighted by molar-refractivity contribution is 4.83. The zero-order valence-corrected chi connectivity index (χ0v) is 6.45. The third-order valence-corrected chi connectivity index (χ3v) is 2.14. The molecule has 0 amide bonds. The molecule has 4 heteroatoms. The van der Waals surface area contributed by atoms with Gasteiger partial charge in [0.05, 0.1) is 0 Å². The fourth-order valence-electron chi connectivity index (χ4n) is 1.41. The van der Waals surface area contributed by atoms with Gasteiger partial charge in [-0.15, -0.1) is 0 Å². The molecule has 2 nitrogen and oxygen atoms in total. The average molecular weight is 164 g/mol. The highest BCUT2D eigenvalue weighted by Crippen LogP contribution is 2.31. The third-order valence-electron chi connectivity index (χ3n) is 2.14. The molecule has 11 heavy (non-hydrogen) atoms. The minimum Gasteiger partial charge on any atom is -0.330 e. The van der Waals surface area contributed by atoms with Crippen LogP contribution in [0.25, 0.3) is 0 Å². The van der Waals surface area contributed by atoms with Crippen molar-refractivity contribution in [1.29, 1.82) is 0 Å². The SMILES string of the molecule is NCCC(F)(F)C1CCNC1. The molecule has 0 aromatic heterocycles. The Bertz CT molecular complexity index is 122. The lowest BCUT2D eigenvalue weighted by molar-refractivity contribution is -0.0556. The van der Waals surface area contributed by atoms with Crippen LogP contribution in [0.5, 0.6) is 0 Å². The van der Waals surface area contributed by atoms with Crippen molar-refractivity contribution in [2.45, 2.75) is 18.8 Å². The summed E-state index contributed by atoms with van der Waals surface area (Å²) >= 11 is 0. The molecule has 1 saturated heterocycles. The Balaban J connectivity index is 2.41. The summed E-state index contributed by atoms with van der Waals surface area (Å²) in [7, 11) is 0. The van der Waals surface area contributed by atoms with Crippen LogP contribution in [0.4, 0.5) is 8.78 Å². The van der Waals surface area contributed by atoms with Crippen LogP contribution in [-0.2, 0) is 0 Å². The summed E-state index contributed by atoms with van der Waals surface area (Å²) in [6, 6.07) is 0. The molecule has 0 saturated carbocycles. The molecule has 1 heterocycles. The van der Waals surface area contributed by atoms with E-state index in [0.29, 0.717) is 19.5 Å². The van der Waals surface area contributed by atoms with Crippen LogP contribution in [0.2, 0.25) is 0 Å². The van der Waals surface area contributed by atoms with E-state index in [0.717, 1.165) is 0 Å². The highest BCUT2D eigenvalue weighted by atomic mass is 19.3. The van der Waals surface area contributed by atoms with Crippen molar-refractivity contribution < 1.29 is 8.78 Å². The molecule has 66 valence electrons. The van der Waals surface area contributed by atoms with Crippen LogP contribution in [0, 0.1) is 5.92 Å². The summed E-state index contributed by atoms with van der Waals surface area (Å²) < 4.78 is 26.0. The van der Waals surface area contributed by atoms with Crippen LogP contribution >= 0.6 is 0 Å². The second-order valence-electron chi connectivity index (χ2n) is 2.99. The minimum atomic E-state index is -2.56. The molecular weight excluding hydrogens is 150 g/mol. The summed E-state index contributed by atoms with van der Waals surface area (Å²) in [4.78, 5) is 0. The van der Waals surface area contributed by atoms with Gasteiger partial charge in [-0.05, 0) is 19.5 Å². The van der Waals surface area contributed by atoms with E-state index in [4.69, 9.17) is 5.73 Å². The maximum absolute atomic E-state index is 13.0. The Kier molecular flexibility index (Phi) is 2.78. The topological polar surface area (TPSA) is 38.0 Å². The van der Waals surface area contributed by atoms with Gasteiger partial charge >= 0.3 is 0 Å². The largest absolute Gasteiger partial charge is 0.330 e. The van der Waals surface area contributed by atoms with Gasteiger partial charge in [0.2, 0.25) is 0 Å². The van der Waals surface area contributed by atoms with Crippen LogP contribution in [-0.4, -0.2) is 25.6 Å². The number of halogens is 2. The van der Waals surface area contributed by atoms with Crippen molar-refractivity contribution in [3.8, 4) is 0 Å². The van der Waals surface area contributed by atoms with Crippen LogP contribution in [0.15, 0.2) is 0 Å². The molecule has 1 fully saturated rings. The number of hydrogen-bond donors (Lipinski definition) is 2. The van der Waals surface area contributed by atoms with Gasteiger partial charge in [0, 0.05) is 18.9 Å². The van der Waals surface area contributed by atoms with Crippen molar-refractivity contribution in [1.82, 2.24) is 5.32 Å². The maximum Gasteiger partial charge on any atom is 0.253 e. The van der Waals surface area contributed by atoms with Crippen LogP contribution < -0.4 is 11.1 Å². The number of alkyl halides is 2. The molecule has 3 N–H and O–H groups in total. The highest BCUT2D eigenvalue weighted by Gasteiger charge is 2.39. The first kappa shape index (κ1) is 8.87. The lowest BCUT2D eigenvalue weighted by atomic mass is 9.98. The zero-order chi connectivity index (χ0) is 8.32. The van der Waals surface area contributed by atoms with Gasteiger partial charge in [-0.1, -0.05) is 0 Å². The molecule has 1 atom stereocenters. The summed E-state index contributed by atoms with van der Waals surface area (Å²) in [5, 5.41) is 2.92. The van der Waals surface area contributed by atoms with Crippen molar-refractivity contribution >= 4 is 0 Å². The van der Waals surface area contributed by atoms with Gasteiger partial charge in [-0.2, -0.15) is 0 Å². The Labute approximate surface area is 65.1 Å². The summed E-state index contributed by atoms with van der Waals surface area (Å²) in [6.07, 6.45) is 0.395. The van der Waals surface area contributed by atoms with E-state index in [-0.39, 0.29) is 13.0 Å². The fraction of sp³-hybridized carbons (Fsp3) is 1.00. The molecule has 1 unspecified atom stereocenters. The molecule has 1 rings (SSSR count). The fourth-order valence-corrected chi connectivity index (χ4v) is 1.41. The Morgan fingerprint density at radius 2 is 2.27 bits per heavy atom. The molecule has 1 aliphatic heterocycles. The van der Waals surface area contributed by atoms with E-state index in [2.05, 4.69) is 5.32 Å². The summed E-state index contributed by atoms with van der Waals surface area (Å²) in [6.45, 7) is 1.22. The molecule has 0 aliphatic carbocycles. The van der Waals surface area contributed by atoms with E-state index in [1.54, 1.807) is 0 Å². The van der Waals surface area contributed by atoms with Crippen molar-refractivity contribution in [2.24, 2.45) is 11.7 Å². The van der Waals surface area contributed by atoms with Gasteiger partial charge in [0.1, 0.15) is 0 Å². The second kappa shape index (κ2) is 3.45. The lowest BCUT2D eigenvalue weighted by Gasteiger charge is -2.21. The van der Waals surface area contributed by atoms with Crippen LogP contribution in [0.3, 0.4) is 0 Å². The standard InChI is InChI=1S/C7H14F2N2/c8-7(9,2-3-10)6-1-4-11-5-6/h6,11H,1-5,10H2. The zero-order valence-electron chi connectivity index (χ0n) is 6.45. The molecular formula is C7H14F2N2. The first-order chi connectivity index (χ1) is 5.17. The number of nitrogens with one attached hydrogen (secondary N) is 1. The van der Waals surface area contributed by atoms with Gasteiger partial charge in [0.15, 0.2) is 0 Å². The molecule has 0 radical (unpaired) electrons. The van der Waals surface area contributed by atoms with E-state index in [1.165, 1.54) is 0 Å². The summed E-state index contributed by atoms with van der Waals surface area (Å²) in [5.74, 6) is -3.05. The number of nitrogens with two attached hydrogens (primary N) is 1. The lowest BCUT2D eigenvalue weighted by Crippen LogP contribution is -2.32. The second-order valence-corrected chi connectivity index (χ2v) is 2.99. The quantitative estimate of drug-likeness (QED) is 0.640. The van der Waals surface area contributed by atoms with Crippen molar-refractivity contribution in [2.75, 3.05) is 19.6 Å².